The van der Waals surface area contributed by atoms with Gasteiger partial charge in [-0.1, -0.05) is 43.3 Å². The Kier molecular flexibility index (Phi) is 9.32. The fourth-order valence-electron chi connectivity index (χ4n) is 3.07. The second kappa shape index (κ2) is 10.7. The summed E-state index contributed by atoms with van der Waals surface area (Å²) in [5, 5.41) is 32.5. The number of thioether (sulfide) groups is 1. The molecule has 2 aromatic rings. The predicted molar refractivity (Wildman–Crippen MR) is 98.4 cm³/mol. The Balaban J connectivity index is 0.00000243. The van der Waals surface area contributed by atoms with Crippen molar-refractivity contribution in [1.29, 1.82) is 0 Å². The molecule has 3 N–H and O–H groups in total. The van der Waals surface area contributed by atoms with Gasteiger partial charge in [0, 0.05) is 44.1 Å². The van der Waals surface area contributed by atoms with Crippen molar-refractivity contribution < 1.29 is 68.9 Å². The van der Waals surface area contributed by atoms with Gasteiger partial charge in [0.05, 0.1) is 13.2 Å². The van der Waals surface area contributed by atoms with Gasteiger partial charge in [-0.2, -0.15) is 0 Å². The van der Waals surface area contributed by atoms with Crippen molar-refractivity contribution >= 4 is 22.5 Å². The fraction of sp³-hybridized carbons (Fsp3) is 0.474. The van der Waals surface area contributed by atoms with Crippen LogP contribution in [0.1, 0.15) is 12.5 Å². The van der Waals surface area contributed by atoms with Gasteiger partial charge < -0.3 is 24.8 Å². The summed E-state index contributed by atoms with van der Waals surface area (Å²) in [6, 6.07) is 14.1. The van der Waals surface area contributed by atoms with Crippen LogP contribution in [-0.4, -0.2) is 57.5 Å². The molecule has 5 atom stereocenters. The van der Waals surface area contributed by atoms with Crippen LogP contribution in [0.4, 0.5) is 0 Å². The van der Waals surface area contributed by atoms with E-state index in [4.69, 9.17) is 9.47 Å². The predicted octanol–water partition coefficient (Wildman–Crippen LogP) is 1.92. The summed E-state index contributed by atoms with van der Waals surface area (Å²) in [6.07, 6.45) is -3.59. The second-order valence-electron chi connectivity index (χ2n) is 6.12. The molecule has 1 aliphatic heterocycles. The van der Waals surface area contributed by atoms with Crippen molar-refractivity contribution in [3.8, 4) is 0 Å². The summed E-state index contributed by atoms with van der Waals surface area (Å²) >= 11 is 1.43. The molecule has 5 nitrogen and oxygen atoms in total. The topological polar surface area (TPSA) is 79.2 Å². The van der Waals surface area contributed by atoms with Gasteiger partial charge in [-0.05, 0) is 28.2 Å². The molecule has 2 aromatic carbocycles. The van der Waals surface area contributed by atoms with Gasteiger partial charge in [-0.15, -0.1) is 11.8 Å². The van der Waals surface area contributed by atoms with E-state index in [0.717, 1.165) is 22.1 Å². The second-order valence-corrected chi connectivity index (χ2v) is 7.49. The molecule has 139 valence electrons. The molecule has 7 heteroatoms. The van der Waals surface area contributed by atoms with Crippen LogP contribution in [0.2, 0.25) is 0 Å². The van der Waals surface area contributed by atoms with Crippen LogP contribution >= 0.6 is 11.8 Å². The average Bonchev–Trinajstić information content (AvgIpc) is 2.64. The van der Waals surface area contributed by atoms with E-state index in [-0.39, 0.29) is 57.3 Å². The molecule has 0 saturated carbocycles. The SMILES string of the molecule is CCS[C@@H]1OC(CO)[C@@H](O)[C@H](OCc2ccc3ccccc3c2)C1O.[Ac]. The minimum absolute atomic E-state index is 0. The molecule has 0 aliphatic carbocycles. The number of hydrogen-bond acceptors (Lipinski definition) is 6. The number of benzene rings is 2. The van der Waals surface area contributed by atoms with Crippen LogP contribution in [0.5, 0.6) is 0 Å². The van der Waals surface area contributed by atoms with Gasteiger partial charge >= 0.3 is 0 Å². The molecule has 1 saturated heterocycles. The van der Waals surface area contributed by atoms with Crippen molar-refractivity contribution in [2.24, 2.45) is 0 Å². The third kappa shape index (κ3) is 5.21. The zero-order chi connectivity index (χ0) is 17.8. The molecule has 0 amide bonds. The number of aliphatic hydroxyl groups excluding tert-OH is 3. The number of rotatable bonds is 6. The van der Waals surface area contributed by atoms with E-state index in [1.165, 1.54) is 11.8 Å². The molecule has 0 aromatic heterocycles. The van der Waals surface area contributed by atoms with E-state index in [9.17, 15) is 15.3 Å². The molecular weight excluding hydrogens is 567 g/mol. The largest absolute Gasteiger partial charge is 0.394 e. The molecule has 26 heavy (non-hydrogen) atoms. The van der Waals surface area contributed by atoms with Gasteiger partial charge in [0.15, 0.2) is 0 Å². The first kappa shape index (κ1) is 22.6. The summed E-state index contributed by atoms with van der Waals surface area (Å²) in [5.41, 5.74) is 0.442. The zero-order valence-corrected chi connectivity index (χ0v) is 20.3. The van der Waals surface area contributed by atoms with Crippen LogP contribution < -0.4 is 0 Å². The summed E-state index contributed by atoms with van der Waals surface area (Å²) in [6.45, 7) is 1.92. The third-order valence-electron chi connectivity index (χ3n) is 4.41. The summed E-state index contributed by atoms with van der Waals surface area (Å²) in [7, 11) is 0. The number of aliphatic hydroxyl groups is 3. The molecule has 1 radical (unpaired) electrons. The molecular formula is C19H24AcO5S. The summed E-state index contributed by atoms with van der Waals surface area (Å²) in [5.74, 6) is 0.757. The maximum absolute atomic E-state index is 10.5. The van der Waals surface area contributed by atoms with Crippen LogP contribution in [0.25, 0.3) is 10.8 Å². The maximum Gasteiger partial charge on any atom is 0.132 e. The molecule has 1 aliphatic rings. The van der Waals surface area contributed by atoms with Gasteiger partial charge in [-0.3, -0.25) is 0 Å². The Morgan fingerprint density at radius 2 is 1.81 bits per heavy atom. The number of fused-ring (bicyclic) bond motifs is 1. The molecule has 1 fully saturated rings. The van der Waals surface area contributed by atoms with Crippen molar-refractivity contribution in [3.63, 3.8) is 0 Å². The third-order valence-corrected chi connectivity index (χ3v) is 5.46. The Morgan fingerprint density at radius 1 is 1.08 bits per heavy atom. The smallest absolute Gasteiger partial charge is 0.132 e. The normalized spacial score (nSPS) is 28.7. The first-order valence-corrected chi connectivity index (χ1v) is 9.52. The Morgan fingerprint density at radius 3 is 2.50 bits per heavy atom. The van der Waals surface area contributed by atoms with Crippen LogP contribution in [-0.2, 0) is 16.1 Å². The van der Waals surface area contributed by atoms with E-state index in [0.29, 0.717) is 0 Å². The number of ether oxygens (including phenoxy) is 2. The van der Waals surface area contributed by atoms with Gasteiger partial charge in [0.25, 0.3) is 0 Å². The van der Waals surface area contributed by atoms with Gasteiger partial charge in [0.2, 0.25) is 0 Å². The van der Waals surface area contributed by atoms with Crippen molar-refractivity contribution in [3.05, 3.63) is 48.0 Å². The van der Waals surface area contributed by atoms with E-state index < -0.39 is 29.9 Å². The zero-order valence-electron chi connectivity index (χ0n) is 14.7. The monoisotopic (exact) mass is 591 g/mol. The van der Waals surface area contributed by atoms with E-state index >= 15 is 0 Å². The van der Waals surface area contributed by atoms with Crippen molar-refractivity contribution in [2.75, 3.05) is 12.4 Å². The minimum atomic E-state index is -1.07. The van der Waals surface area contributed by atoms with Crippen LogP contribution in [0.3, 0.4) is 0 Å². The number of hydrogen-bond donors (Lipinski definition) is 3. The van der Waals surface area contributed by atoms with E-state index in [1.807, 2.05) is 49.4 Å². The molecule has 3 rings (SSSR count). The van der Waals surface area contributed by atoms with Crippen molar-refractivity contribution in [2.45, 2.75) is 43.4 Å². The standard InChI is InChI=1S/C19H24O5S.Ac/c1-2-25-19-17(22)18(16(21)15(10-20)24-19)23-11-12-7-8-13-5-3-4-6-14(13)9-12;/h3-9,15-22H,2,10-11H2,1H3;/t15?,16-,17?,18+,19+;/m1./s1. The minimum Gasteiger partial charge on any atom is -0.394 e. The van der Waals surface area contributed by atoms with Crippen LogP contribution in [0, 0.1) is 44.1 Å². The molecule has 0 spiro atoms. The Labute approximate surface area is 193 Å². The Bertz CT molecular complexity index is 700. The first-order chi connectivity index (χ1) is 12.1. The van der Waals surface area contributed by atoms with Crippen molar-refractivity contribution in [1.82, 2.24) is 0 Å². The van der Waals surface area contributed by atoms with Gasteiger partial charge in [-0.25, -0.2) is 0 Å². The Hall–Kier alpha value is 0.292. The van der Waals surface area contributed by atoms with Crippen LogP contribution in [0.15, 0.2) is 42.5 Å². The fourth-order valence-corrected chi connectivity index (χ4v) is 3.97. The first-order valence-electron chi connectivity index (χ1n) is 8.47. The molecule has 0 bridgehead atoms. The molecule has 2 unspecified atom stereocenters. The van der Waals surface area contributed by atoms with E-state index in [2.05, 4.69) is 0 Å². The molecule has 1 heterocycles. The quantitative estimate of drug-likeness (QED) is 0.477. The summed E-state index contributed by atoms with van der Waals surface area (Å²) in [4.78, 5) is 0. The average molecular weight is 591 g/mol. The van der Waals surface area contributed by atoms with E-state index in [1.54, 1.807) is 0 Å². The maximum atomic E-state index is 10.5. The summed E-state index contributed by atoms with van der Waals surface area (Å²) < 4.78 is 11.4. The van der Waals surface area contributed by atoms with Gasteiger partial charge in [0.1, 0.15) is 29.9 Å².